The lowest BCUT2D eigenvalue weighted by Gasteiger charge is -2.05. The number of carbonyl (C=O) groups excluding carboxylic acids is 1. The van der Waals surface area contributed by atoms with E-state index in [1.165, 1.54) is 13.1 Å². The van der Waals surface area contributed by atoms with Crippen molar-refractivity contribution in [3.63, 3.8) is 0 Å². The van der Waals surface area contributed by atoms with E-state index >= 15 is 0 Å². The molecule has 0 aromatic heterocycles. The van der Waals surface area contributed by atoms with Crippen LogP contribution in [0.15, 0.2) is 35.6 Å². The first kappa shape index (κ1) is 18.2. The highest BCUT2D eigenvalue weighted by atomic mass is 127. The molecule has 0 radical (unpaired) electrons. The predicted molar refractivity (Wildman–Crippen MR) is 93.6 cm³/mol. The molecule has 0 aliphatic carbocycles. The summed E-state index contributed by atoms with van der Waals surface area (Å²) in [6, 6.07) is 6.68. The number of halogens is 1. The highest BCUT2D eigenvalue weighted by Gasteiger charge is 2.09. The Morgan fingerprint density at radius 1 is 1.45 bits per heavy atom. The van der Waals surface area contributed by atoms with Gasteiger partial charge >= 0.3 is 0 Å². The largest absolute Gasteiger partial charge is 0.595 e. The van der Waals surface area contributed by atoms with Crippen molar-refractivity contribution in [2.24, 2.45) is 5.11 Å². The van der Waals surface area contributed by atoms with Crippen LogP contribution in [0.5, 0.6) is 5.75 Å². The van der Waals surface area contributed by atoms with Gasteiger partial charge in [-0.05, 0) is 47.5 Å². The van der Waals surface area contributed by atoms with E-state index in [0.29, 0.717) is 17.2 Å². The summed E-state index contributed by atoms with van der Waals surface area (Å²) in [5.41, 5.74) is 1.62. The normalized spacial score (nSPS) is 13.1. The third-order valence-electron chi connectivity index (χ3n) is 2.87. The van der Waals surface area contributed by atoms with Gasteiger partial charge in [0.2, 0.25) is 6.20 Å². The Morgan fingerprint density at radius 2 is 2.09 bits per heavy atom. The second-order valence-corrected chi connectivity index (χ2v) is 5.14. The molecule has 1 atom stereocenters. The van der Waals surface area contributed by atoms with Crippen LogP contribution in [0.2, 0.25) is 0 Å². The molecule has 0 saturated carbocycles. The molecular formula is C16H17IN2O3. The van der Waals surface area contributed by atoms with Gasteiger partial charge < -0.3 is 9.94 Å². The molecule has 5 nitrogen and oxygen atoms in total. The Bertz CT molecular complexity index is 640. The number of benzene rings is 1. The summed E-state index contributed by atoms with van der Waals surface area (Å²) in [7, 11) is 0. The highest BCUT2D eigenvalue weighted by Crippen LogP contribution is 2.18. The van der Waals surface area contributed by atoms with Crippen molar-refractivity contribution in [1.82, 2.24) is 0 Å². The van der Waals surface area contributed by atoms with Gasteiger partial charge in [0.1, 0.15) is 12.4 Å². The third kappa shape index (κ3) is 6.26. The van der Waals surface area contributed by atoms with E-state index in [1.807, 2.05) is 46.9 Å². The molecule has 0 amide bonds. The average molecular weight is 412 g/mol. The van der Waals surface area contributed by atoms with Gasteiger partial charge in [0.05, 0.1) is 0 Å². The minimum absolute atomic E-state index is 0.150. The van der Waals surface area contributed by atoms with Crippen LogP contribution < -0.4 is 4.74 Å². The fourth-order valence-corrected chi connectivity index (χ4v) is 1.64. The quantitative estimate of drug-likeness (QED) is 0.235. The summed E-state index contributed by atoms with van der Waals surface area (Å²) in [4.78, 5) is 11.5. The van der Waals surface area contributed by atoms with Crippen LogP contribution in [-0.2, 0) is 4.79 Å². The van der Waals surface area contributed by atoms with Crippen LogP contribution in [0.1, 0.15) is 26.3 Å². The number of carbonyl (C=O) groups is 1. The smallest absolute Gasteiger partial charge is 0.212 e. The van der Waals surface area contributed by atoms with Crippen molar-refractivity contribution in [1.29, 1.82) is 0 Å². The first-order chi connectivity index (χ1) is 10.4. The van der Waals surface area contributed by atoms with Gasteiger partial charge in [-0.2, -0.15) is 0 Å². The van der Waals surface area contributed by atoms with Gasteiger partial charge in [0.15, 0.2) is 11.8 Å². The lowest BCUT2D eigenvalue weighted by atomic mass is 10.1. The topological polar surface area (TPSA) is 64.7 Å². The van der Waals surface area contributed by atoms with E-state index in [0.717, 1.165) is 11.1 Å². The summed E-state index contributed by atoms with van der Waals surface area (Å²) in [5.74, 6) is 3.37. The summed E-state index contributed by atoms with van der Waals surface area (Å²) in [6.07, 6.45) is 1.34. The molecule has 1 aromatic rings. The number of rotatable bonds is 6. The van der Waals surface area contributed by atoms with Crippen molar-refractivity contribution < 1.29 is 14.4 Å². The van der Waals surface area contributed by atoms with Crippen molar-refractivity contribution in [2.75, 3.05) is 6.61 Å². The van der Waals surface area contributed by atoms with E-state index in [4.69, 9.17) is 4.74 Å². The van der Waals surface area contributed by atoms with E-state index in [9.17, 15) is 10.0 Å². The third-order valence-corrected chi connectivity index (χ3v) is 3.25. The molecule has 22 heavy (non-hydrogen) atoms. The maximum atomic E-state index is 11.7. The zero-order valence-electron chi connectivity index (χ0n) is 12.7. The fraction of sp³-hybridized carbons (Fsp3) is 0.312. The van der Waals surface area contributed by atoms with E-state index < -0.39 is 6.04 Å². The van der Waals surface area contributed by atoms with Gasteiger partial charge in [0, 0.05) is 28.2 Å². The Hall–Kier alpha value is -1.88. The van der Waals surface area contributed by atoms with Gasteiger partial charge in [-0.15, -0.1) is 0 Å². The number of azo groups is 1. The van der Waals surface area contributed by atoms with Crippen LogP contribution in [0.25, 0.3) is 5.57 Å². The number of hydroxylamine groups is 1. The van der Waals surface area contributed by atoms with E-state index in [1.54, 1.807) is 13.8 Å². The first-order valence-corrected chi connectivity index (χ1v) is 7.69. The minimum Gasteiger partial charge on any atom is -0.595 e. The maximum absolute atomic E-state index is 11.7. The standard InChI is InChI=1S/C16H17IN2O3/c1-12(11-19(21)18-13(2)14(3)20)15-5-7-16(8-6-15)22-10-4-9-17/h5-8,11,13H,10H2,1-3H3/b12-11+,19-18?. The Kier molecular flexibility index (Phi) is 7.60. The monoisotopic (exact) mass is 412 g/mol. The number of ketones is 1. The molecule has 0 N–H and O–H groups in total. The predicted octanol–water partition coefficient (Wildman–Crippen LogP) is 3.76. The Labute approximate surface area is 143 Å². The van der Waals surface area contributed by atoms with Gasteiger partial charge in [-0.1, -0.05) is 22.9 Å². The SMILES string of the molecule is CC(=O)C(C)N=[N+]([O-])/C=C(\C)c1ccc(OCC#CI)cc1. The highest BCUT2D eigenvalue weighted by molar-refractivity contribution is 14.1. The summed E-state index contributed by atoms with van der Waals surface area (Å²) in [5, 5.41) is 15.4. The second-order valence-electron chi connectivity index (χ2n) is 4.60. The number of hydrogen-bond acceptors (Lipinski definition) is 4. The molecule has 0 bridgehead atoms. The molecular weight excluding hydrogens is 395 g/mol. The lowest BCUT2D eigenvalue weighted by molar-refractivity contribution is -0.460. The molecule has 0 saturated heterocycles. The molecule has 0 spiro atoms. The van der Waals surface area contributed by atoms with Gasteiger partial charge in [-0.3, -0.25) is 4.79 Å². The van der Waals surface area contributed by atoms with Crippen molar-refractivity contribution in [3.05, 3.63) is 41.2 Å². The van der Waals surface area contributed by atoms with Crippen LogP contribution in [-0.4, -0.2) is 23.3 Å². The van der Waals surface area contributed by atoms with Crippen LogP contribution in [0.3, 0.4) is 0 Å². The fourth-order valence-electron chi connectivity index (χ4n) is 1.49. The van der Waals surface area contributed by atoms with E-state index in [-0.39, 0.29) is 5.78 Å². The number of allylic oxidation sites excluding steroid dienone is 1. The van der Waals surface area contributed by atoms with Crippen molar-refractivity contribution in [3.8, 4) is 15.6 Å². The number of ether oxygens (including phenoxy) is 1. The van der Waals surface area contributed by atoms with Gasteiger partial charge in [0.25, 0.3) is 0 Å². The van der Waals surface area contributed by atoms with Gasteiger partial charge in [-0.25, -0.2) is 0 Å². The summed E-state index contributed by atoms with van der Waals surface area (Å²) < 4.78 is 8.14. The molecule has 0 aliphatic heterocycles. The summed E-state index contributed by atoms with van der Waals surface area (Å²) in [6.45, 7) is 5.13. The molecule has 0 aliphatic rings. The summed E-state index contributed by atoms with van der Waals surface area (Å²) >= 11 is 1.95. The molecule has 1 unspecified atom stereocenters. The first-order valence-electron chi connectivity index (χ1n) is 6.61. The lowest BCUT2D eigenvalue weighted by Crippen LogP contribution is -2.12. The Morgan fingerprint density at radius 3 is 2.64 bits per heavy atom. The molecule has 1 rings (SSSR count). The zero-order chi connectivity index (χ0) is 16.5. The van der Waals surface area contributed by atoms with Crippen molar-refractivity contribution in [2.45, 2.75) is 26.8 Å². The van der Waals surface area contributed by atoms with Crippen LogP contribution >= 0.6 is 22.6 Å². The molecule has 6 heteroatoms. The average Bonchev–Trinajstić information content (AvgIpc) is 2.47. The molecule has 0 fully saturated rings. The number of hydrogen-bond donors (Lipinski definition) is 0. The molecule has 0 heterocycles. The second kappa shape index (κ2) is 9.20. The maximum Gasteiger partial charge on any atom is 0.212 e. The number of Topliss-reactive ketones (excluding diaryl/α,β-unsaturated/α-hetero) is 1. The number of nitrogens with zero attached hydrogens (tertiary/aromatic N) is 2. The van der Waals surface area contributed by atoms with Crippen LogP contribution in [0.4, 0.5) is 0 Å². The minimum atomic E-state index is -0.642. The van der Waals surface area contributed by atoms with E-state index in [2.05, 4.69) is 15.0 Å². The molecule has 116 valence electrons. The van der Waals surface area contributed by atoms with Crippen molar-refractivity contribution >= 4 is 33.9 Å². The Balaban J connectivity index is 2.79. The molecule has 1 aromatic carbocycles. The van der Waals surface area contributed by atoms with Crippen LogP contribution in [0, 0.1) is 15.1 Å². The zero-order valence-corrected chi connectivity index (χ0v) is 14.8.